The largest absolute Gasteiger partial charge is 0.350 e. The summed E-state index contributed by atoms with van der Waals surface area (Å²) in [6.45, 7) is 0. The van der Waals surface area contributed by atoms with Crippen LogP contribution < -0.4 is 11.2 Å². The molecule has 15 heavy (non-hydrogen) atoms. The Hall–Kier alpha value is -1.06. The third kappa shape index (κ3) is 2.70. The summed E-state index contributed by atoms with van der Waals surface area (Å²) >= 11 is 0. The minimum atomic E-state index is -0.562. The Morgan fingerprint density at radius 1 is 1.27 bits per heavy atom. The highest BCUT2D eigenvalue weighted by Crippen LogP contribution is 2.39. The predicted molar refractivity (Wildman–Crippen MR) is 59.5 cm³/mol. The van der Waals surface area contributed by atoms with Gasteiger partial charge in [-0.05, 0) is 37.5 Å². The SMILES string of the molecule is NC(=O)NN=C1CC[C@H]2CCCC[C@@H]2C1. The Morgan fingerprint density at radius 2 is 2.00 bits per heavy atom. The van der Waals surface area contributed by atoms with Crippen LogP contribution in [0.1, 0.15) is 44.9 Å². The van der Waals surface area contributed by atoms with Crippen molar-refractivity contribution in [1.82, 2.24) is 5.43 Å². The molecule has 0 aromatic rings. The van der Waals surface area contributed by atoms with Crippen molar-refractivity contribution in [1.29, 1.82) is 0 Å². The zero-order valence-electron chi connectivity index (χ0n) is 9.04. The van der Waals surface area contributed by atoms with Crippen LogP contribution in [0, 0.1) is 11.8 Å². The fourth-order valence-electron chi connectivity index (χ4n) is 2.93. The summed E-state index contributed by atoms with van der Waals surface area (Å²) < 4.78 is 0. The van der Waals surface area contributed by atoms with Gasteiger partial charge in [0.05, 0.1) is 0 Å². The monoisotopic (exact) mass is 209 g/mol. The minimum Gasteiger partial charge on any atom is -0.350 e. The first-order valence-electron chi connectivity index (χ1n) is 5.86. The molecule has 4 heteroatoms. The zero-order valence-corrected chi connectivity index (χ0v) is 9.04. The van der Waals surface area contributed by atoms with Gasteiger partial charge >= 0.3 is 6.03 Å². The average Bonchev–Trinajstić information content (AvgIpc) is 2.26. The van der Waals surface area contributed by atoms with E-state index in [1.807, 2.05) is 0 Å². The maximum Gasteiger partial charge on any atom is 0.332 e. The molecule has 0 aliphatic heterocycles. The molecule has 84 valence electrons. The molecule has 0 bridgehead atoms. The molecule has 0 unspecified atom stereocenters. The number of primary amides is 1. The molecule has 2 fully saturated rings. The lowest BCUT2D eigenvalue weighted by atomic mass is 9.70. The molecule has 4 nitrogen and oxygen atoms in total. The maximum absolute atomic E-state index is 10.5. The molecular weight excluding hydrogens is 190 g/mol. The third-order valence-corrected chi connectivity index (χ3v) is 3.69. The Balaban J connectivity index is 1.90. The predicted octanol–water partition coefficient (Wildman–Crippen LogP) is 2.00. The van der Waals surface area contributed by atoms with E-state index >= 15 is 0 Å². The zero-order chi connectivity index (χ0) is 10.7. The topological polar surface area (TPSA) is 67.5 Å². The van der Waals surface area contributed by atoms with E-state index in [-0.39, 0.29) is 0 Å². The van der Waals surface area contributed by atoms with Crippen LogP contribution in [0.4, 0.5) is 4.79 Å². The Labute approximate surface area is 90.3 Å². The molecule has 0 saturated heterocycles. The van der Waals surface area contributed by atoms with Gasteiger partial charge < -0.3 is 5.73 Å². The van der Waals surface area contributed by atoms with Crippen LogP contribution in [0.15, 0.2) is 5.10 Å². The second-order valence-corrected chi connectivity index (χ2v) is 4.70. The summed E-state index contributed by atoms with van der Waals surface area (Å²) in [6, 6.07) is -0.562. The summed E-state index contributed by atoms with van der Waals surface area (Å²) in [5, 5.41) is 4.07. The Bertz CT molecular complexity index is 275. The smallest absolute Gasteiger partial charge is 0.332 e. The second kappa shape index (κ2) is 4.64. The van der Waals surface area contributed by atoms with Crippen molar-refractivity contribution < 1.29 is 4.79 Å². The van der Waals surface area contributed by atoms with E-state index in [0.29, 0.717) is 0 Å². The van der Waals surface area contributed by atoms with Gasteiger partial charge in [0.2, 0.25) is 0 Å². The molecule has 3 N–H and O–H groups in total. The molecule has 2 atom stereocenters. The lowest BCUT2D eigenvalue weighted by Crippen LogP contribution is -2.31. The maximum atomic E-state index is 10.5. The van der Waals surface area contributed by atoms with Crippen LogP contribution in [0.5, 0.6) is 0 Å². The number of carbonyl (C=O) groups excluding carboxylic acids is 1. The molecule has 0 radical (unpaired) electrons. The number of nitrogens with one attached hydrogen (secondary N) is 1. The fraction of sp³-hybridized carbons (Fsp3) is 0.818. The van der Waals surface area contributed by atoms with Crippen molar-refractivity contribution in [3.63, 3.8) is 0 Å². The number of nitrogens with zero attached hydrogens (tertiary/aromatic N) is 1. The van der Waals surface area contributed by atoms with Crippen LogP contribution in [0.3, 0.4) is 0 Å². The van der Waals surface area contributed by atoms with Crippen molar-refractivity contribution in [2.45, 2.75) is 44.9 Å². The lowest BCUT2D eigenvalue weighted by Gasteiger charge is -2.35. The molecule has 2 saturated carbocycles. The first-order valence-corrected chi connectivity index (χ1v) is 5.86. The molecule has 0 aromatic carbocycles. The van der Waals surface area contributed by atoms with Crippen LogP contribution in [-0.4, -0.2) is 11.7 Å². The van der Waals surface area contributed by atoms with E-state index in [1.54, 1.807) is 0 Å². The van der Waals surface area contributed by atoms with E-state index in [9.17, 15) is 4.79 Å². The van der Waals surface area contributed by atoms with Crippen LogP contribution in [0.25, 0.3) is 0 Å². The summed E-state index contributed by atoms with van der Waals surface area (Å²) in [4.78, 5) is 10.5. The molecule has 2 amide bonds. The van der Waals surface area contributed by atoms with Crippen molar-refractivity contribution in [3.05, 3.63) is 0 Å². The molecule has 2 aliphatic carbocycles. The average molecular weight is 209 g/mol. The van der Waals surface area contributed by atoms with Crippen LogP contribution in [-0.2, 0) is 0 Å². The highest BCUT2D eigenvalue weighted by Gasteiger charge is 2.30. The van der Waals surface area contributed by atoms with Gasteiger partial charge in [0.25, 0.3) is 0 Å². The molecule has 2 aliphatic rings. The molecule has 0 aromatic heterocycles. The molecule has 0 spiro atoms. The lowest BCUT2D eigenvalue weighted by molar-refractivity contribution is 0.217. The van der Waals surface area contributed by atoms with Crippen LogP contribution >= 0.6 is 0 Å². The first kappa shape index (κ1) is 10.5. The quantitative estimate of drug-likeness (QED) is 0.637. The van der Waals surface area contributed by atoms with E-state index < -0.39 is 6.03 Å². The Morgan fingerprint density at radius 3 is 2.73 bits per heavy atom. The standard InChI is InChI=1S/C11H19N3O/c12-11(15)14-13-10-6-5-8-3-1-2-4-9(8)7-10/h8-9H,1-7H2,(H3,12,14,15)/t8-,9-/m1/s1. The second-order valence-electron chi connectivity index (χ2n) is 4.70. The number of amides is 2. The van der Waals surface area contributed by atoms with E-state index in [0.717, 1.165) is 30.4 Å². The molecule has 0 heterocycles. The number of rotatable bonds is 1. The number of urea groups is 1. The van der Waals surface area contributed by atoms with Gasteiger partial charge in [-0.15, -0.1) is 0 Å². The third-order valence-electron chi connectivity index (χ3n) is 3.69. The van der Waals surface area contributed by atoms with E-state index in [2.05, 4.69) is 10.5 Å². The fourth-order valence-corrected chi connectivity index (χ4v) is 2.93. The first-order chi connectivity index (χ1) is 7.25. The Kier molecular flexibility index (Phi) is 3.23. The van der Waals surface area contributed by atoms with Gasteiger partial charge in [-0.3, -0.25) is 0 Å². The molecule has 2 rings (SSSR count). The van der Waals surface area contributed by atoms with E-state index in [1.165, 1.54) is 32.1 Å². The van der Waals surface area contributed by atoms with E-state index in [4.69, 9.17) is 5.73 Å². The van der Waals surface area contributed by atoms with Crippen molar-refractivity contribution in [2.24, 2.45) is 22.7 Å². The van der Waals surface area contributed by atoms with Gasteiger partial charge in [-0.1, -0.05) is 19.3 Å². The highest BCUT2D eigenvalue weighted by atomic mass is 16.2. The van der Waals surface area contributed by atoms with Gasteiger partial charge in [0.15, 0.2) is 0 Å². The number of fused-ring (bicyclic) bond motifs is 1. The number of carbonyl (C=O) groups is 1. The van der Waals surface area contributed by atoms with Gasteiger partial charge in [0.1, 0.15) is 0 Å². The molecular formula is C11H19N3O. The number of hydrogen-bond donors (Lipinski definition) is 2. The summed E-state index contributed by atoms with van der Waals surface area (Å²) in [5.41, 5.74) is 8.44. The normalized spacial score (nSPS) is 33.5. The van der Waals surface area contributed by atoms with Crippen LogP contribution in [0.2, 0.25) is 0 Å². The van der Waals surface area contributed by atoms with Gasteiger partial charge in [-0.25, -0.2) is 10.2 Å². The number of hydrazone groups is 1. The number of nitrogens with two attached hydrogens (primary N) is 1. The van der Waals surface area contributed by atoms with Crippen molar-refractivity contribution >= 4 is 11.7 Å². The summed E-state index contributed by atoms with van der Waals surface area (Å²) in [7, 11) is 0. The summed E-state index contributed by atoms with van der Waals surface area (Å²) in [5.74, 6) is 1.72. The van der Waals surface area contributed by atoms with Crippen molar-refractivity contribution in [3.8, 4) is 0 Å². The van der Waals surface area contributed by atoms with Crippen molar-refractivity contribution in [2.75, 3.05) is 0 Å². The minimum absolute atomic E-state index is 0.562. The highest BCUT2D eigenvalue weighted by molar-refractivity contribution is 5.86. The summed E-state index contributed by atoms with van der Waals surface area (Å²) in [6.07, 6.45) is 8.81. The number of hydrogen-bond acceptors (Lipinski definition) is 2. The van der Waals surface area contributed by atoms with Gasteiger partial charge in [-0.2, -0.15) is 5.10 Å². The van der Waals surface area contributed by atoms with Gasteiger partial charge in [0, 0.05) is 5.71 Å².